The van der Waals surface area contributed by atoms with Gasteiger partial charge in [-0.05, 0) is 82.8 Å². The first-order valence-electron chi connectivity index (χ1n) is 11.5. The molecule has 3 aromatic carbocycles. The van der Waals surface area contributed by atoms with Crippen LogP contribution in [-0.4, -0.2) is 4.98 Å². The lowest BCUT2D eigenvalue weighted by molar-refractivity contribution is 0.667. The molecule has 0 amide bonds. The van der Waals surface area contributed by atoms with Crippen molar-refractivity contribution in [1.29, 1.82) is 0 Å². The van der Waals surface area contributed by atoms with Gasteiger partial charge >= 0.3 is 0 Å². The number of aryl methyl sites for hydroxylation is 1. The van der Waals surface area contributed by atoms with Crippen LogP contribution in [0.4, 0.5) is 0 Å². The van der Waals surface area contributed by atoms with Gasteiger partial charge in [0.25, 0.3) is 0 Å². The number of aromatic nitrogens is 1. The third-order valence-electron chi connectivity index (χ3n) is 6.43. The Balaban J connectivity index is 1.45. The van der Waals surface area contributed by atoms with E-state index >= 15 is 0 Å². The number of hydrogen-bond donors (Lipinski definition) is 0. The zero-order chi connectivity index (χ0) is 21.5. The maximum atomic E-state index is 4.16. The van der Waals surface area contributed by atoms with Crippen molar-refractivity contribution in [3.8, 4) is 11.1 Å². The first-order valence-corrected chi connectivity index (χ1v) is 13.2. The van der Waals surface area contributed by atoms with Gasteiger partial charge in [0.15, 0.2) is 0 Å². The molecule has 6 rings (SSSR count). The van der Waals surface area contributed by atoms with Crippen LogP contribution in [0.1, 0.15) is 38.2 Å². The number of rotatable bonds is 6. The summed E-state index contributed by atoms with van der Waals surface area (Å²) in [6.07, 6.45) is 10.2. The van der Waals surface area contributed by atoms with Crippen molar-refractivity contribution < 1.29 is 0 Å². The Labute approximate surface area is 196 Å². The first kappa shape index (κ1) is 19.9. The van der Waals surface area contributed by atoms with Crippen molar-refractivity contribution in [3.05, 3.63) is 78.6 Å². The fourth-order valence-electron chi connectivity index (χ4n) is 4.68. The number of nitrogens with zero attached hydrogens (tertiary/aromatic N) is 1. The molecule has 0 saturated carbocycles. The fraction of sp³-hybridized carbons (Fsp3) is 0.207. The zero-order valence-corrected chi connectivity index (χ0v) is 19.9. The quantitative estimate of drug-likeness (QED) is 0.230. The van der Waals surface area contributed by atoms with E-state index in [-0.39, 0.29) is 0 Å². The Morgan fingerprint density at radius 1 is 0.656 bits per heavy atom. The van der Waals surface area contributed by atoms with Crippen LogP contribution in [0.15, 0.2) is 73.1 Å². The van der Waals surface area contributed by atoms with Gasteiger partial charge in [0.1, 0.15) is 0 Å². The minimum absolute atomic E-state index is 1.19. The number of fused-ring (bicyclic) bond motifs is 6. The van der Waals surface area contributed by atoms with Gasteiger partial charge < -0.3 is 0 Å². The Morgan fingerprint density at radius 3 is 2.31 bits per heavy atom. The van der Waals surface area contributed by atoms with Crippen molar-refractivity contribution in [2.45, 2.75) is 39.0 Å². The largest absolute Gasteiger partial charge is 0.265 e. The van der Waals surface area contributed by atoms with Crippen molar-refractivity contribution in [2.75, 3.05) is 0 Å². The lowest BCUT2D eigenvalue weighted by Gasteiger charge is -2.04. The molecule has 32 heavy (non-hydrogen) atoms. The molecule has 3 heteroatoms. The highest BCUT2D eigenvalue weighted by Gasteiger charge is 2.14. The highest BCUT2D eigenvalue weighted by atomic mass is 32.1. The van der Waals surface area contributed by atoms with E-state index in [2.05, 4.69) is 72.6 Å². The molecule has 0 bridgehead atoms. The van der Waals surface area contributed by atoms with Gasteiger partial charge in [0.05, 0.1) is 9.40 Å². The second kappa shape index (κ2) is 8.31. The number of unbranched alkanes of at least 4 members (excludes halogenated alkanes) is 3. The number of benzene rings is 3. The summed E-state index contributed by atoms with van der Waals surface area (Å²) < 4.78 is 5.71. The van der Waals surface area contributed by atoms with Crippen LogP contribution in [0.2, 0.25) is 0 Å². The Morgan fingerprint density at radius 2 is 1.47 bits per heavy atom. The SMILES string of the molecule is CCCCCCc1ccc2sc3c4cc5cc(-c6ccncc6)ccc5cc4sc3c2c1. The van der Waals surface area contributed by atoms with Gasteiger partial charge in [-0.3, -0.25) is 4.98 Å². The monoisotopic (exact) mass is 451 g/mol. The van der Waals surface area contributed by atoms with Gasteiger partial charge in [0.2, 0.25) is 0 Å². The highest BCUT2D eigenvalue weighted by Crippen LogP contribution is 2.45. The Bertz CT molecular complexity index is 1560. The summed E-state index contributed by atoms with van der Waals surface area (Å²) in [7, 11) is 0. The van der Waals surface area contributed by atoms with Gasteiger partial charge in [-0.1, -0.05) is 44.4 Å². The molecule has 0 aliphatic rings. The molecule has 0 N–H and O–H groups in total. The van der Waals surface area contributed by atoms with E-state index in [4.69, 9.17) is 0 Å². The third kappa shape index (κ3) is 3.50. The van der Waals surface area contributed by atoms with Crippen LogP contribution < -0.4 is 0 Å². The summed E-state index contributed by atoms with van der Waals surface area (Å²) in [6, 6.07) is 22.9. The third-order valence-corrected chi connectivity index (χ3v) is 8.95. The summed E-state index contributed by atoms with van der Waals surface area (Å²) in [5.41, 5.74) is 3.94. The number of thiophene rings is 2. The molecule has 3 aromatic heterocycles. The van der Waals surface area contributed by atoms with Gasteiger partial charge in [0, 0.05) is 32.6 Å². The summed E-state index contributed by atoms with van der Waals surface area (Å²) in [4.78, 5) is 4.16. The molecular weight excluding hydrogens is 426 g/mol. The van der Waals surface area contributed by atoms with E-state index in [1.165, 1.54) is 89.1 Å². The van der Waals surface area contributed by atoms with Crippen molar-refractivity contribution in [3.63, 3.8) is 0 Å². The van der Waals surface area contributed by atoms with Gasteiger partial charge in [-0.25, -0.2) is 0 Å². The molecule has 0 saturated heterocycles. The predicted molar refractivity (Wildman–Crippen MR) is 143 cm³/mol. The fourth-order valence-corrected chi connectivity index (χ4v) is 7.33. The smallest absolute Gasteiger partial charge is 0.0542 e. The average Bonchev–Trinajstić information content (AvgIpc) is 3.36. The zero-order valence-electron chi connectivity index (χ0n) is 18.2. The van der Waals surface area contributed by atoms with E-state index in [0.717, 1.165) is 0 Å². The average molecular weight is 452 g/mol. The summed E-state index contributed by atoms with van der Waals surface area (Å²) in [6.45, 7) is 2.28. The van der Waals surface area contributed by atoms with E-state index in [1.54, 1.807) is 0 Å². The molecular formula is C29H25NS2. The van der Waals surface area contributed by atoms with Crippen LogP contribution >= 0.6 is 22.7 Å². The van der Waals surface area contributed by atoms with E-state index in [1.807, 2.05) is 35.1 Å². The van der Waals surface area contributed by atoms with Crippen LogP contribution in [0.5, 0.6) is 0 Å². The molecule has 0 aliphatic heterocycles. The van der Waals surface area contributed by atoms with Crippen LogP contribution in [-0.2, 0) is 6.42 Å². The lowest BCUT2D eigenvalue weighted by Crippen LogP contribution is -1.85. The van der Waals surface area contributed by atoms with Crippen molar-refractivity contribution in [2.24, 2.45) is 0 Å². The van der Waals surface area contributed by atoms with Crippen LogP contribution in [0.25, 0.3) is 51.5 Å². The summed E-state index contributed by atoms with van der Waals surface area (Å²) >= 11 is 3.91. The molecule has 0 atom stereocenters. The van der Waals surface area contributed by atoms with Crippen LogP contribution in [0.3, 0.4) is 0 Å². The maximum absolute atomic E-state index is 4.16. The molecule has 3 heterocycles. The molecule has 0 fully saturated rings. The highest BCUT2D eigenvalue weighted by molar-refractivity contribution is 7.36. The molecule has 0 unspecified atom stereocenters. The molecule has 6 aromatic rings. The molecule has 1 nitrogen and oxygen atoms in total. The van der Waals surface area contributed by atoms with E-state index < -0.39 is 0 Å². The Hall–Kier alpha value is -2.75. The second-order valence-electron chi connectivity index (χ2n) is 8.65. The molecule has 158 valence electrons. The number of hydrogen-bond acceptors (Lipinski definition) is 3. The minimum Gasteiger partial charge on any atom is -0.265 e. The molecule has 0 spiro atoms. The second-order valence-corrected chi connectivity index (χ2v) is 10.8. The first-order chi connectivity index (χ1) is 15.8. The Kier molecular flexibility index (Phi) is 5.17. The molecule has 0 aliphatic carbocycles. The topological polar surface area (TPSA) is 12.9 Å². The van der Waals surface area contributed by atoms with Gasteiger partial charge in [-0.2, -0.15) is 0 Å². The normalized spacial score (nSPS) is 11.9. The lowest BCUT2D eigenvalue weighted by atomic mass is 10.0. The van der Waals surface area contributed by atoms with Crippen LogP contribution in [0, 0.1) is 0 Å². The predicted octanol–water partition coefficient (Wildman–Crippen LogP) is 9.61. The van der Waals surface area contributed by atoms with E-state index in [0.29, 0.717) is 0 Å². The van der Waals surface area contributed by atoms with Crippen molar-refractivity contribution in [1.82, 2.24) is 4.98 Å². The summed E-state index contributed by atoms with van der Waals surface area (Å²) in [5.74, 6) is 0. The van der Waals surface area contributed by atoms with Gasteiger partial charge in [-0.15, -0.1) is 22.7 Å². The molecule has 0 radical (unpaired) electrons. The number of pyridine rings is 1. The van der Waals surface area contributed by atoms with E-state index in [9.17, 15) is 0 Å². The maximum Gasteiger partial charge on any atom is 0.0542 e. The standard InChI is InChI=1S/C29H25NS2/c1-2-3-4-5-6-19-7-10-26-24(15-19)28-29(31-26)25-17-23-16-21(20-11-13-30-14-12-20)8-9-22(23)18-27(25)32-28/h7-18H,2-6H2,1H3. The van der Waals surface area contributed by atoms with Crippen molar-refractivity contribution >= 4 is 63.0 Å². The summed E-state index contributed by atoms with van der Waals surface area (Å²) in [5, 5.41) is 5.46. The minimum atomic E-state index is 1.19.